The normalized spacial score (nSPS) is 14.3. The van der Waals surface area contributed by atoms with Crippen molar-refractivity contribution in [3.63, 3.8) is 0 Å². The Hall–Kier alpha value is -3.33. The molecule has 2 aromatic heterocycles. The fourth-order valence-corrected chi connectivity index (χ4v) is 4.30. The van der Waals surface area contributed by atoms with E-state index in [1.54, 1.807) is 25.2 Å². The Morgan fingerprint density at radius 1 is 1.19 bits per heavy atom. The Kier molecular flexibility index (Phi) is 6.22. The molecule has 1 aliphatic heterocycles. The summed E-state index contributed by atoms with van der Waals surface area (Å²) in [7, 11) is 3.20. The number of nitrogens with one attached hydrogen (secondary N) is 1. The van der Waals surface area contributed by atoms with Gasteiger partial charge in [0, 0.05) is 30.0 Å². The first-order chi connectivity index (χ1) is 15.1. The molecule has 8 nitrogen and oxygen atoms in total. The Labute approximate surface area is 183 Å². The number of piperidine rings is 1. The quantitative estimate of drug-likeness (QED) is 0.623. The highest BCUT2D eigenvalue weighted by molar-refractivity contribution is 7.14. The number of thiazole rings is 1. The lowest BCUT2D eigenvalue weighted by Crippen LogP contribution is -2.41. The van der Waals surface area contributed by atoms with Gasteiger partial charge in [0.2, 0.25) is 5.91 Å². The molecule has 9 heteroatoms. The summed E-state index contributed by atoms with van der Waals surface area (Å²) in [6, 6.07) is 7.15. The number of likely N-dealkylation sites (tertiary alicyclic amines) is 1. The molecule has 162 valence electrons. The number of furan rings is 1. The van der Waals surface area contributed by atoms with Gasteiger partial charge >= 0.3 is 0 Å². The van der Waals surface area contributed by atoms with Gasteiger partial charge in [-0.25, -0.2) is 4.98 Å². The van der Waals surface area contributed by atoms with Gasteiger partial charge in [0.25, 0.3) is 5.91 Å². The van der Waals surface area contributed by atoms with E-state index in [-0.39, 0.29) is 17.7 Å². The van der Waals surface area contributed by atoms with Gasteiger partial charge in [0.15, 0.2) is 5.13 Å². The molecule has 4 rings (SSSR count). The molecule has 3 heterocycles. The number of anilines is 1. The number of hydrogen-bond donors (Lipinski definition) is 1. The third kappa shape index (κ3) is 4.56. The van der Waals surface area contributed by atoms with Crippen LogP contribution in [0.3, 0.4) is 0 Å². The van der Waals surface area contributed by atoms with Gasteiger partial charge in [-0.3, -0.25) is 9.59 Å². The van der Waals surface area contributed by atoms with Crippen LogP contribution in [0.4, 0.5) is 5.13 Å². The first kappa shape index (κ1) is 20.9. The van der Waals surface area contributed by atoms with Crippen LogP contribution in [0.1, 0.15) is 23.2 Å². The molecule has 2 amide bonds. The molecule has 0 atom stereocenters. The SMILES string of the molecule is COc1ccc(OC)c(-c2csc(NC(=O)C3CCN(C(=O)c4ccoc4)CC3)n2)c1. The standard InChI is InChI=1S/C22H23N3O5S/c1-28-16-3-4-19(29-2)17(11-16)18-13-31-22(23-18)24-20(26)14-5-8-25(9-6-14)21(27)15-7-10-30-12-15/h3-4,7,10-14H,5-6,8-9H2,1-2H3,(H,23,24,26). The van der Waals surface area contributed by atoms with Crippen molar-refractivity contribution >= 4 is 28.3 Å². The summed E-state index contributed by atoms with van der Waals surface area (Å²) in [5.74, 6) is 1.08. The molecule has 0 saturated carbocycles. The molecule has 1 fully saturated rings. The van der Waals surface area contributed by atoms with Gasteiger partial charge in [-0.2, -0.15) is 0 Å². The number of ether oxygens (including phenoxy) is 2. The van der Waals surface area contributed by atoms with E-state index in [1.807, 2.05) is 23.6 Å². The Bertz CT molecular complexity index is 1060. The fraction of sp³-hybridized carbons (Fsp3) is 0.318. The number of benzene rings is 1. The molecule has 1 aliphatic rings. The number of amides is 2. The van der Waals surface area contributed by atoms with E-state index in [0.29, 0.717) is 53.8 Å². The number of nitrogens with zero attached hydrogens (tertiary/aromatic N) is 2. The van der Waals surface area contributed by atoms with Crippen LogP contribution in [0.25, 0.3) is 11.3 Å². The van der Waals surface area contributed by atoms with Gasteiger partial charge < -0.3 is 24.1 Å². The van der Waals surface area contributed by atoms with Gasteiger partial charge in [0.05, 0.1) is 31.7 Å². The van der Waals surface area contributed by atoms with Crippen molar-refractivity contribution in [3.8, 4) is 22.8 Å². The van der Waals surface area contributed by atoms with Crippen LogP contribution in [-0.4, -0.2) is 49.0 Å². The van der Waals surface area contributed by atoms with Crippen LogP contribution in [0.15, 0.2) is 46.6 Å². The molecular formula is C22H23N3O5S. The van der Waals surface area contributed by atoms with Gasteiger partial charge in [-0.1, -0.05) is 0 Å². The minimum absolute atomic E-state index is 0.0654. The summed E-state index contributed by atoms with van der Waals surface area (Å²) >= 11 is 1.36. The molecule has 0 spiro atoms. The maximum Gasteiger partial charge on any atom is 0.257 e. The lowest BCUT2D eigenvalue weighted by molar-refractivity contribution is -0.121. The van der Waals surface area contributed by atoms with Crippen LogP contribution in [0.2, 0.25) is 0 Å². The second kappa shape index (κ2) is 9.22. The third-order valence-electron chi connectivity index (χ3n) is 5.34. The molecule has 3 aromatic rings. The molecule has 31 heavy (non-hydrogen) atoms. The third-order valence-corrected chi connectivity index (χ3v) is 6.10. The second-order valence-corrected chi connectivity index (χ2v) is 8.03. The lowest BCUT2D eigenvalue weighted by Gasteiger charge is -2.30. The van der Waals surface area contributed by atoms with Crippen LogP contribution in [-0.2, 0) is 4.79 Å². The number of aromatic nitrogens is 1. The van der Waals surface area contributed by atoms with E-state index in [2.05, 4.69) is 10.3 Å². The molecule has 0 unspecified atom stereocenters. The monoisotopic (exact) mass is 441 g/mol. The van der Waals surface area contributed by atoms with E-state index in [0.717, 1.165) is 5.56 Å². The van der Waals surface area contributed by atoms with Crippen LogP contribution in [0.5, 0.6) is 11.5 Å². The molecule has 0 radical (unpaired) electrons. The van der Waals surface area contributed by atoms with E-state index >= 15 is 0 Å². The van der Waals surface area contributed by atoms with Crippen molar-refractivity contribution in [1.82, 2.24) is 9.88 Å². The Balaban J connectivity index is 1.37. The highest BCUT2D eigenvalue weighted by atomic mass is 32.1. The number of rotatable bonds is 6. The minimum atomic E-state index is -0.160. The molecular weight excluding hydrogens is 418 g/mol. The lowest BCUT2D eigenvalue weighted by atomic mass is 9.95. The van der Waals surface area contributed by atoms with Crippen LogP contribution in [0, 0.1) is 5.92 Å². The summed E-state index contributed by atoms with van der Waals surface area (Å²) in [6.07, 6.45) is 4.14. The highest BCUT2D eigenvalue weighted by Gasteiger charge is 2.28. The zero-order valence-electron chi connectivity index (χ0n) is 17.3. The number of carbonyl (C=O) groups excluding carboxylic acids is 2. The number of methoxy groups -OCH3 is 2. The Morgan fingerprint density at radius 3 is 2.68 bits per heavy atom. The van der Waals surface area contributed by atoms with Crippen molar-refractivity contribution < 1.29 is 23.5 Å². The van der Waals surface area contributed by atoms with E-state index < -0.39 is 0 Å². The van der Waals surface area contributed by atoms with Crippen molar-refractivity contribution in [2.75, 3.05) is 32.6 Å². The highest BCUT2D eigenvalue weighted by Crippen LogP contribution is 2.35. The average molecular weight is 442 g/mol. The van der Waals surface area contributed by atoms with Crippen LogP contribution < -0.4 is 14.8 Å². The molecule has 1 saturated heterocycles. The van der Waals surface area contributed by atoms with Crippen molar-refractivity contribution in [1.29, 1.82) is 0 Å². The number of carbonyl (C=O) groups is 2. The van der Waals surface area contributed by atoms with Crippen molar-refractivity contribution in [2.45, 2.75) is 12.8 Å². The zero-order chi connectivity index (χ0) is 21.8. The summed E-state index contributed by atoms with van der Waals surface area (Å²) in [5.41, 5.74) is 2.03. The summed E-state index contributed by atoms with van der Waals surface area (Å²) in [6.45, 7) is 1.07. The summed E-state index contributed by atoms with van der Waals surface area (Å²) in [5, 5.41) is 5.32. The molecule has 0 aliphatic carbocycles. The maximum atomic E-state index is 12.7. The predicted molar refractivity (Wildman–Crippen MR) is 117 cm³/mol. The van der Waals surface area contributed by atoms with Crippen LogP contribution >= 0.6 is 11.3 Å². The minimum Gasteiger partial charge on any atom is -0.497 e. The number of hydrogen-bond acceptors (Lipinski definition) is 7. The van der Waals surface area contributed by atoms with E-state index in [1.165, 1.54) is 23.9 Å². The Morgan fingerprint density at radius 2 is 2.00 bits per heavy atom. The smallest absolute Gasteiger partial charge is 0.257 e. The average Bonchev–Trinajstić information content (AvgIpc) is 3.51. The van der Waals surface area contributed by atoms with Gasteiger partial charge in [0.1, 0.15) is 17.8 Å². The molecule has 1 N–H and O–H groups in total. The molecule has 1 aromatic carbocycles. The summed E-state index contributed by atoms with van der Waals surface area (Å²) in [4.78, 5) is 31.4. The summed E-state index contributed by atoms with van der Waals surface area (Å²) < 4.78 is 15.7. The maximum absolute atomic E-state index is 12.7. The van der Waals surface area contributed by atoms with E-state index in [9.17, 15) is 9.59 Å². The molecule has 0 bridgehead atoms. The van der Waals surface area contributed by atoms with E-state index in [4.69, 9.17) is 13.9 Å². The second-order valence-electron chi connectivity index (χ2n) is 7.17. The largest absolute Gasteiger partial charge is 0.497 e. The predicted octanol–water partition coefficient (Wildman–Crippen LogP) is 3.91. The van der Waals surface area contributed by atoms with Crippen molar-refractivity contribution in [2.24, 2.45) is 5.92 Å². The fourth-order valence-electron chi connectivity index (χ4n) is 3.59. The van der Waals surface area contributed by atoms with Gasteiger partial charge in [-0.15, -0.1) is 11.3 Å². The zero-order valence-corrected chi connectivity index (χ0v) is 18.1. The first-order valence-electron chi connectivity index (χ1n) is 9.89. The van der Waals surface area contributed by atoms with Gasteiger partial charge in [-0.05, 0) is 37.1 Å². The van der Waals surface area contributed by atoms with Crippen molar-refractivity contribution in [3.05, 3.63) is 47.7 Å². The first-order valence-corrected chi connectivity index (χ1v) is 10.8. The topological polar surface area (TPSA) is 93.9 Å².